The average Bonchev–Trinajstić information content (AvgIpc) is 3.22. The second-order valence-corrected chi connectivity index (χ2v) is 7.54. The molecule has 1 saturated heterocycles. The topological polar surface area (TPSA) is 109 Å². The number of nitrogens with zero attached hydrogens (tertiary/aromatic N) is 2. The lowest BCUT2D eigenvalue weighted by molar-refractivity contribution is 0.0704. The SMILES string of the molecule is O=S(=O)(NCCCN1CCC[C@H](O)C1)c1ccc(-c2ccno2)o1. The molecule has 3 heterocycles. The van der Waals surface area contributed by atoms with Gasteiger partial charge in [0.25, 0.3) is 10.0 Å². The van der Waals surface area contributed by atoms with Crippen LogP contribution in [0.5, 0.6) is 0 Å². The minimum Gasteiger partial charge on any atom is -0.440 e. The van der Waals surface area contributed by atoms with Crippen LogP contribution in [0.2, 0.25) is 0 Å². The van der Waals surface area contributed by atoms with Crippen molar-refractivity contribution in [2.75, 3.05) is 26.2 Å². The Morgan fingerprint density at radius 2 is 2.21 bits per heavy atom. The van der Waals surface area contributed by atoms with Crippen LogP contribution in [-0.2, 0) is 10.0 Å². The van der Waals surface area contributed by atoms with Gasteiger partial charge in [-0.3, -0.25) is 0 Å². The average molecular weight is 355 g/mol. The quantitative estimate of drug-likeness (QED) is 0.715. The van der Waals surface area contributed by atoms with Crippen LogP contribution in [0.15, 0.2) is 38.4 Å². The Kier molecular flexibility index (Phi) is 5.34. The van der Waals surface area contributed by atoms with E-state index in [9.17, 15) is 13.5 Å². The first kappa shape index (κ1) is 17.2. The first-order valence-electron chi connectivity index (χ1n) is 7.95. The highest BCUT2D eigenvalue weighted by Gasteiger charge is 2.21. The fourth-order valence-corrected chi connectivity index (χ4v) is 3.76. The number of sulfonamides is 1. The van der Waals surface area contributed by atoms with E-state index in [-0.39, 0.29) is 11.2 Å². The number of aliphatic hydroxyl groups excluding tert-OH is 1. The smallest absolute Gasteiger partial charge is 0.273 e. The number of piperidine rings is 1. The molecule has 0 amide bonds. The summed E-state index contributed by atoms with van der Waals surface area (Å²) in [6.07, 6.45) is 3.68. The molecule has 0 bridgehead atoms. The third-order valence-electron chi connectivity index (χ3n) is 3.95. The van der Waals surface area contributed by atoms with Crippen LogP contribution in [0.3, 0.4) is 0 Å². The zero-order chi connectivity index (χ0) is 17.0. The number of aliphatic hydroxyl groups is 1. The second kappa shape index (κ2) is 7.47. The zero-order valence-corrected chi connectivity index (χ0v) is 14.0. The van der Waals surface area contributed by atoms with E-state index in [1.54, 1.807) is 6.07 Å². The maximum atomic E-state index is 12.2. The van der Waals surface area contributed by atoms with Crippen LogP contribution < -0.4 is 4.72 Å². The second-order valence-electron chi connectivity index (χ2n) is 5.84. The Morgan fingerprint density at radius 3 is 2.96 bits per heavy atom. The highest BCUT2D eigenvalue weighted by atomic mass is 32.2. The van der Waals surface area contributed by atoms with Crippen molar-refractivity contribution >= 4 is 10.0 Å². The summed E-state index contributed by atoms with van der Waals surface area (Å²) in [5.74, 6) is 0.690. The van der Waals surface area contributed by atoms with Gasteiger partial charge in [-0.1, -0.05) is 5.16 Å². The van der Waals surface area contributed by atoms with Crippen molar-refractivity contribution in [1.82, 2.24) is 14.8 Å². The number of hydrogen-bond donors (Lipinski definition) is 2. The molecule has 2 N–H and O–H groups in total. The van der Waals surface area contributed by atoms with Crippen molar-refractivity contribution in [3.05, 3.63) is 24.4 Å². The molecule has 24 heavy (non-hydrogen) atoms. The molecule has 8 nitrogen and oxygen atoms in total. The summed E-state index contributed by atoms with van der Waals surface area (Å²) in [4.78, 5) is 2.15. The molecule has 2 aromatic rings. The van der Waals surface area contributed by atoms with Crippen molar-refractivity contribution < 1.29 is 22.5 Å². The van der Waals surface area contributed by atoms with E-state index in [2.05, 4.69) is 14.8 Å². The van der Waals surface area contributed by atoms with E-state index in [0.717, 1.165) is 25.9 Å². The number of rotatable bonds is 7. The minimum absolute atomic E-state index is 0.151. The summed E-state index contributed by atoms with van der Waals surface area (Å²) in [5.41, 5.74) is 0. The van der Waals surface area contributed by atoms with E-state index in [1.165, 1.54) is 18.3 Å². The third kappa shape index (κ3) is 4.23. The maximum absolute atomic E-state index is 12.2. The fourth-order valence-electron chi connectivity index (χ4n) is 2.75. The molecule has 2 aromatic heterocycles. The van der Waals surface area contributed by atoms with Crippen LogP contribution in [0.25, 0.3) is 11.5 Å². The molecule has 3 rings (SSSR count). The molecule has 0 aromatic carbocycles. The highest BCUT2D eigenvalue weighted by molar-refractivity contribution is 7.89. The molecule has 9 heteroatoms. The lowest BCUT2D eigenvalue weighted by Gasteiger charge is -2.29. The largest absolute Gasteiger partial charge is 0.440 e. The van der Waals surface area contributed by atoms with E-state index in [0.29, 0.717) is 31.0 Å². The molecule has 0 spiro atoms. The number of nitrogens with one attached hydrogen (secondary N) is 1. The Morgan fingerprint density at radius 1 is 1.33 bits per heavy atom. The van der Waals surface area contributed by atoms with Gasteiger partial charge in [-0.25, -0.2) is 13.1 Å². The van der Waals surface area contributed by atoms with Gasteiger partial charge in [-0.15, -0.1) is 0 Å². The highest BCUT2D eigenvalue weighted by Crippen LogP contribution is 2.23. The Balaban J connectivity index is 1.49. The van der Waals surface area contributed by atoms with Crippen LogP contribution in [0, 0.1) is 0 Å². The number of β-amino-alcohol motifs (C(OH)–C–C–N with tert-alkyl or cyclic N) is 1. The molecular weight excluding hydrogens is 334 g/mol. The van der Waals surface area contributed by atoms with Crippen molar-refractivity contribution in [2.24, 2.45) is 0 Å². The van der Waals surface area contributed by atoms with Gasteiger partial charge in [0.15, 0.2) is 5.76 Å². The van der Waals surface area contributed by atoms with E-state index in [4.69, 9.17) is 8.94 Å². The Hall–Kier alpha value is -1.68. The summed E-state index contributed by atoms with van der Waals surface area (Å²) in [6, 6.07) is 4.51. The van der Waals surface area contributed by atoms with Gasteiger partial charge in [0.2, 0.25) is 10.9 Å². The van der Waals surface area contributed by atoms with Gasteiger partial charge in [-0.05, 0) is 44.5 Å². The van der Waals surface area contributed by atoms with Gasteiger partial charge >= 0.3 is 0 Å². The zero-order valence-electron chi connectivity index (χ0n) is 13.2. The minimum atomic E-state index is -3.69. The number of likely N-dealkylation sites (tertiary alicyclic amines) is 1. The first-order chi connectivity index (χ1) is 11.5. The lowest BCUT2D eigenvalue weighted by Crippen LogP contribution is -2.39. The van der Waals surface area contributed by atoms with Gasteiger partial charge in [0.05, 0.1) is 12.3 Å². The van der Waals surface area contributed by atoms with Gasteiger partial charge in [0, 0.05) is 19.2 Å². The standard InChI is InChI=1S/C15H21N3O5S/c19-12-3-1-9-18(11-12)10-2-7-17-24(20,21)15-5-4-13(22-15)14-6-8-16-23-14/h4-6,8,12,17,19H,1-3,7,9-11H2/t12-/m0/s1. The molecule has 0 radical (unpaired) electrons. The molecule has 132 valence electrons. The maximum Gasteiger partial charge on any atom is 0.273 e. The molecule has 1 atom stereocenters. The van der Waals surface area contributed by atoms with E-state index in [1.807, 2.05) is 0 Å². The van der Waals surface area contributed by atoms with Crippen molar-refractivity contribution in [2.45, 2.75) is 30.5 Å². The Bertz CT molecular complexity index is 741. The lowest BCUT2D eigenvalue weighted by atomic mass is 10.1. The molecule has 0 unspecified atom stereocenters. The van der Waals surface area contributed by atoms with Crippen LogP contribution in [0.4, 0.5) is 0 Å². The Labute approximate surface area is 140 Å². The van der Waals surface area contributed by atoms with Crippen LogP contribution >= 0.6 is 0 Å². The van der Waals surface area contributed by atoms with Crippen LogP contribution in [-0.4, -0.2) is 55.9 Å². The van der Waals surface area contributed by atoms with E-state index >= 15 is 0 Å². The van der Waals surface area contributed by atoms with Gasteiger partial charge in [0.1, 0.15) is 0 Å². The predicted molar refractivity (Wildman–Crippen MR) is 85.7 cm³/mol. The summed E-state index contributed by atoms with van der Waals surface area (Å²) >= 11 is 0. The number of hydrogen-bond acceptors (Lipinski definition) is 7. The number of furan rings is 1. The molecule has 0 saturated carbocycles. The fraction of sp³-hybridized carbons (Fsp3) is 0.533. The van der Waals surface area contributed by atoms with Gasteiger partial charge in [-0.2, -0.15) is 0 Å². The summed E-state index contributed by atoms with van der Waals surface area (Å²) < 4.78 is 37.2. The monoisotopic (exact) mass is 355 g/mol. The molecular formula is C15H21N3O5S. The summed E-state index contributed by atoms with van der Waals surface area (Å²) in [7, 11) is -3.69. The van der Waals surface area contributed by atoms with Crippen molar-refractivity contribution in [3.8, 4) is 11.5 Å². The predicted octanol–water partition coefficient (Wildman–Crippen LogP) is 1.06. The molecule has 1 aliphatic rings. The first-order valence-corrected chi connectivity index (χ1v) is 9.44. The molecule has 1 aliphatic heterocycles. The summed E-state index contributed by atoms with van der Waals surface area (Å²) in [5, 5.41) is 13.0. The van der Waals surface area contributed by atoms with Gasteiger partial charge < -0.3 is 18.9 Å². The molecule has 1 fully saturated rings. The third-order valence-corrected chi connectivity index (χ3v) is 5.28. The van der Waals surface area contributed by atoms with Crippen molar-refractivity contribution in [3.63, 3.8) is 0 Å². The summed E-state index contributed by atoms with van der Waals surface area (Å²) in [6.45, 7) is 2.67. The normalized spacial score (nSPS) is 19.6. The van der Waals surface area contributed by atoms with Crippen molar-refractivity contribution in [1.29, 1.82) is 0 Å². The molecule has 0 aliphatic carbocycles. The van der Waals surface area contributed by atoms with E-state index < -0.39 is 10.0 Å². The van der Waals surface area contributed by atoms with Crippen LogP contribution in [0.1, 0.15) is 19.3 Å². The number of aromatic nitrogens is 1.